The molecule has 0 aliphatic carbocycles. The number of carbonyl (C=O) groups excluding carboxylic acids is 1. The first-order valence-corrected chi connectivity index (χ1v) is 9.21. The molecule has 0 aromatic heterocycles. The summed E-state index contributed by atoms with van der Waals surface area (Å²) in [6.45, 7) is 1.87. The van der Waals surface area contributed by atoms with Gasteiger partial charge < -0.3 is 5.32 Å². The van der Waals surface area contributed by atoms with Crippen molar-refractivity contribution in [3.8, 4) is 0 Å². The van der Waals surface area contributed by atoms with Crippen molar-refractivity contribution in [3.05, 3.63) is 11.6 Å². The van der Waals surface area contributed by atoms with Crippen LogP contribution < -0.4 is 5.32 Å². The van der Waals surface area contributed by atoms with Crippen molar-refractivity contribution in [2.45, 2.75) is 81.0 Å². The molecule has 0 radical (unpaired) electrons. The van der Waals surface area contributed by atoms with Crippen molar-refractivity contribution in [2.75, 3.05) is 6.54 Å². The summed E-state index contributed by atoms with van der Waals surface area (Å²) in [6.07, 6.45) is -8.42. The minimum absolute atomic E-state index is 0.0528. The fraction of sp³-hybridized carbons (Fsp3) is 0.824. The normalized spacial score (nSPS) is 15.6. The summed E-state index contributed by atoms with van der Waals surface area (Å²) in [5, 5.41) is 1.85. The third-order valence-corrected chi connectivity index (χ3v) is 4.70. The van der Waals surface area contributed by atoms with Crippen LogP contribution >= 0.6 is 0 Å². The molecule has 0 spiro atoms. The Balaban J connectivity index is 6.00. The van der Waals surface area contributed by atoms with Gasteiger partial charge in [-0.05, 0) is 19.8 Å². The lowest BCUT2D eigenvalue weighted by atomic mass is 9.88. The van der Waals surface area contributed by atoms with Gasteiger partial charge in [-0.2, -0.15) is 61.5 Å². The Morgan fingerprint density at radius 3 is 1.51 bits per heavy atom. The Bertz CT molecular complexity index is 774. The highest BCUT2D eigenvalue weighted by molar-refractivity contribution is 5.93. The maximum absolute atomic E-state index is 13.7. The van der Waals surface area contributed by atoms with E-state index in [1.54, 1.807) is 0 Å². The second-order valence-electron chi connectivity index (χ2n) is 7.03. The minimum atomic E-state index is -8.40. The highest BCUT2D eigenvalue weighted by Crippen LogP contribution is 2.63. The molecule has 0 fully saturated rings. The zero-order valence-electron chi connectivity index (χ0n) is 17.4. The minimum Gasteiger partial charge on any atom is -0.352 e. The Morgan fingerprint density at radius 1 is 0.743 bits per heavy atom. The zero-order valence-corrected chi connectivity index (χ0v) is 17.4. The molecule has 0 aromatic rings. The van der Waals surface area contributed by atoms with Crippen molar-refractivity contribution in [2.24, 2.45) is 0 Å². The number of hydrogen-bond acceptors (Lipinski definition) is 1. The molecule has 0 aliphatic heterocycles. The van der Waals surface area contributed by atoms with E-state index in [2.05, 4.69) is 0 Å². The number of alkyl halides is 16. The molecular weight excluding hydrogens is 538 g/mol. The summed E-state index contributed by atoms with van der Waals surface area (Å²) in [5.74, 6) is -55.4. The van der Waals surface area contributed by atoms with Gasteiger partial charge in [0.25, 0.3) is 0 Å². The van der Waals surface area contributed by atoms with Gasteiger partial charge in [-0.3, -0.25) is 4.79 Å². The Labute approximate surface area is 186 Å². The van der Waals surface area contributed by atoms with Gasteiger partial charge in [0.05, 0.1) is 0 Å². The molecule has 0 bridgehead atoms. The zero-order chi connectivity index (χ0) is 28.5. The molecule has 0 saturated heterocycles. The number of carbonyl (C=O) groups is 1. The first-order chi connectivity index (χ1) is 15.3. The third-order valence-electron chi connectivity index (χ3n) is 4.70. The molecule has 0 heterocycles. The van der Waals surface area contributed by atoms with E-state index >= 15 is 0 Å². The van der Waals surface area contributed by atoms with Gasteiger partial charge in [-0.25, -0.2) is 8.78 Å². The number of amides is 1. The quantitative estimate of drug-likeness (QED) is 0.149. The molecule has 1 amide bonds. The predicted molar refractivity (Wildman–Crippen MR) is 86.9 cm³/mol. The summed E-state index contributed by atoms with van der Waals surface area (Å²) in [6, 6.07) is 0. The fourth-order valence-electron chi connectivity index (χ4n) is 2.45. The molecule has 0 aromatic carbocycles. The lowest BCUT2D eigenvalue weighted by molar-refractivity contribution is -0.447. The van der Waals surface area contributed by atoms with Gasteiger partial charge in [0.1, 0.15) is 0 Å². The SMILES string of the molecule is CC=C(CC)C(=O)NCCCC(F)(F)C(F)(F)C(F)(F)C(F)(F)C(F)(F)C(F)(F)C(F)(F)C(F)F. The van der Waals surface area contributed by atoms with Crippen molar-refractivity contribution in [1.29, 1.82) is 0 Å². The van der Waals surface area contributed by atoms with Crippen LogP contribution in [-0.2, 0) is 4.79 Å². The van der Waals surface area contributed by atoms with Crippen molar-refractivity contribution in [3.63, 3.8) is 0 Å². The van der Waals surface area contributed by atoms with E-state index in [0.717, 1.165) is 0 Å². The van der Waals surface area contributed by atoms with Crippen molar-refractivity contribution >= 4 is 5.91 Å². The summed E-state index contributed by atoms with van der Waals surface area (Å²) in [7, 11) is 0. The second-order valence-corrected chi connectivity index (χ2v) is 7.03. The Hall–Kier alpha value is -1.91. The van der Waals surface area contributed by atoms with Crippen LogP contribution in [0.1, 0.15) is 33.1 Å². The second kappa shape index (κ2) is 10.2. The summed E-state index contributed by atoms with van der Waals surface area (Å²) >= 11 is 0. The van der Waals surface area contributed by atoms with Crippen LogP contribution in [0.2, 0.25) is 0 Å². The molecular formula is C17H17F16NO. The first kappa shape index (κ1) is 33.1. The molecule has 0 aliphatic rings. The van der Waals surface area contributed by atoms with Crippen LogP contribution in [0, 0.1) is 0 Å². The summed E-state index contributed by atoms with van der Waals surface area (Å²) < 4.78 is 211. The summed E-state index contributed by atoms with van der Waals surface area (Å²) in [5.41, 5.74) is 0.0528. The monoisotopic (exact) mass is 555 g/mol. The molecule has 0 saturated carbocycles. The molecule has 0 unspecified atom stereocenters. The highest BCUT2D eigenvalue weighted by atomic mass is 19.4. The standard InChI is InChI=1S/C17H17F16NO/c1-3-8(4-2)9(35)34-7-5-6-11(20,21)13(24,25)15(28,29)17(32,33)16(30,31)14(26,27)12(22,23)10(18)19/h3,10H,4-7H2,1-2H3,(H,34,35). The molecule has 0 rings (SSSR count). The van der Waals surface area contributed by atoms with Crippen LogP contribution in [-0.4, -0.2) is 60.3 Å². The lowest BCUT2D eigenvalue weighted by Gasteiger charge is -2.42. The number of nitrogens with one attached hydrogen (secondary N) is 1. The number of allylic oxidation sites excluding steroid dienone is 1. The molecule has 18 heteroatoms. The maximum atomic E-state index is 13.7. The predicted octanol–water partition coefficient (Wildman–Crippen LogP) is 6.95. The average Bonchev–Trinajstić information content (AvgIpc) is 2.71. The fourth-order valence-corrected chi connectivity index (χ4v) is 2.45. The van der Waals surface area contributed by atoms with Crippen LogP contribution in [0.3, 0.4) is 0 Å². The van der Waals surface area contributed by atoms with Gasteiger partial charge in [-0.1, -0.05) is 13.0 Å². The van der Waals surface area contributed by atoms with Gasteiger partial charge in [0, 0.05) is 18.5 Å². The Morgan fingerprint density at radius 2 is 1.14 bits per heavy atom. The van der Waals surface area contributed by atoms with Crippen molar-refractivity contribution < 1.29 is 75.0 Å². The first-order valence-electron chi connectivity index (χ1n) is 9.21. The Kier molecular flexibility index (Phi) is 9.66. The smallest absolute Gasteiger partial charge is 0.352 e. The molecule has 0 atom stereocenters. The summed E-state index contributed by atoms with van der Waals surface area (Å²) in [4.78, 5) is 11.5. The van der Waals surface area contributed by atoms with Crippen LogP contribution in [0.4, 0.5) is 70.2 Å². The van der Waals surface area contributed by atoms with Crippen LogP contribution in [0.25, 0.3) is 0 Å². The molecule has 2 nitrogen and oxygen atoms in total. The van der Waals surface area contributed by atoms with Gasteiger partial charge >= 0.3 is 47.9 Å². The average molecular weight is 555 g/mol. The van der Waals surface area contributed by atoms with E-state index in [1.807, 2.05) is 5.32 Å². The van der Waals surface area contributed by atoms with E-state index < -0.39 is 73.2 Å². The van der Waals surface area contributed by atoms with Gasteiger partial charge in [-0.15, -0.1) is 0 Å². The lowest BCUT2D eigenvalue weighted by Crippen LogP contribution is -2.73. The highest BCUT2D eigenvalue weighted by Gasteiger charge is 2.93. The molecule has 1 N–H and O–H groups in total. The van der Waals surface area contributed by atoms with E-state index in [0.29, 0.717) is 0 Å². The topological polar surface area (TPSA) is 29.1 Å². The number of rotatable bonds is 13. The van der Waals surface area contributed by atoms with E-state index in [-0.39, 0.29) is 12.0 Å². The van der Waals surface area contributed by atoms with Gasteiger partial charge in [0.15, 0.2) is 0 Å². The van der Waals surface area contributed by atoms with Gasteiger partial charge in [0.2, 0.25) is 5.91 Å². The van der Waals surface area contributed by atoms with E-state index in [1.165, 1.54) is 19.9 Å². The molecule has 208 valence electrons. The third kappa shape index (κ3) is 5.29. The van der Waals surface area contributed by atoms with Crippen molar-refractivity contribution in [1.82, 2.24) is 5.32 Å². The van der Waals surface area contributed by atoms with Crippen LogP contribution in [0.15, 0.2) is 11.6 Å². The number of hydrogen-bond donors (Lipinski definition) is 1. The van der Waals surface area contributed by atoms with E-state index in [4.69, 9.17) is 0 Å². The van der Waals surface area contributed by atoms with E-state index in [9.17, 15) is 75.0 Å². The largest absolute Gasteiger partial charge is 0.384 e. The number of halogens is 16. The maximum Gasteiger partial charge on any atom is 0.384 e. The molecule has 35 heavy (non-hydrogen) atoms. The van der Waals surface area contributed by atoms with Crippen LogP contribution in [0.5, 0.6) is 0 Å².